The number of amides is 1. The lowest BCUT2D eigenvalue weighted by Gasteiger charge is -2.34. The van der Waals surface area contributed by atoms with Crippen LogP contribution in [-0.2, 0) is 4.79 Å². The molecule has 7 heteroatoms. The molecule has 1 atom stereocenters. The van der Waals surface area contributed by atoms with Crippen molar-refractivity contribution in [2.75, 3.05) is 32.7 Å². The molecule has 0 bridgehead atoms. The Labute approximate surface area is 165 Å². The topological polar surface area (TPSA) is 71.5 Å². The van der Waals surface area contributed by atoms with Crippen molar-refractivity contribution in [3.05, 3.63) is 42.6 Å². The SMILES string of the molecule is O=C(CN1CCCC(c2cncc(Oc3cccnc3)n2)C1)N1CCCCC1. The third kappa shape index (κ3) is 4.84. The fraction of sp³-hybridized carbons (Fsp3) is 0.524. The zero-order valence-corrected chi connectivity index (χ0v) is 16.2. The molecule has 148 valence electrons. The van der Waals surface area contributed by atoms with Gasteiger partial charge in [-0.15, -0.1) is 0 Å². The predicted octanol–water partition coefficient (Wildman–Crippen LogP) is 2.86. The second-order valence-electron chi connectivity index (χ2n) is 7.59. The number of rotatable bonds is 5. The molecule has 4 heterocycles. The van der Waals surface area contributed by atoms with Gasteiger partial charge in [-0.05, 0) is 50.8 Å². The maximum atomic E-state index is 12.6. The number of piperidine rings is 2. The number of nitrogens with zero attached hydrogens (tertiary/aromatic N) is 5. The van der Waals surface area contributed by atoms with Crippen molar-refractivity contribution in [3.8, 4) is 11.6 Å². The Morgan fingerprint density at radius 1 is 1.07 bits per heavy atom. The summed E-state index contributed by atoms with van der Waals surface area (Å²) in [7, 11) is 0. The third-order valence-electron chi connectivity index (χ3n) is 5.48. The lowest BCUT2D eigenvalue weighted by Crippen LogP contribution is -2.45. The van der Waals surface area contributed by atoms with Crippen LogP contribution < -0.4 is 4.74 Å². The van der Waals surface area contributed by atoms with Gasteiger partial charge in [-0.3, -0.25) is 19.7 Å². The van der Waals surface area contributed by atoms with E-state index in [1.54, 1.807) is 18.6 Å². The summed E-state index contributed by atoms with van der Waals surface area (Å²) in [5.74, 6) is 1.66. The minimum Gasteiger partial charge on any atom is -0.436 e. The summed E-state index contributed by atoms with van der Waals surface area (Å²) in [5.41, 5.74) is 0.927. The van der Waals surface area contributed by atoms with Gasteiger partial charge in [0.25, 0.3) is 0 Å². The first-order valence-electron chi connectivity index (χ1n) is 10.2. The van der Waals surface area contributed by atoms with Crippen LogP contribution in [0.1, 0.15) is 43.7 Å². The maximum absolute atomic E-state index is 12.6. The van der Waals surface area contributed by atoms with Crippen LogP contribution >= 0.6 is 0 Å². The first-order valence-corrected chi connectivity index (χ1v) is 10.2. The fourth-order valence-corrected chi connectivity index (χ4v) is 4.01. The van der Waals surface area contributed by atoms with Gasteiger partial charge in [0.15, 0.2) is 0 Å². The molecular formula is C21H27N5O2. The molecule has 2 aliphatic rings. The Hall–Kier alpha value is -2.54. The predicted molar refractivity (Wildman–Crippen MR) is 105 cm³/mol. The van der Waals surface area contributed by atoms with Crippen molar-refractivity contribution < 1.29 is 9.53 Å². The molecule has 2 aromatic rings. The van der Waals surface area contributed by atoms with Gasteiger partial charge in [-0.1, -0.05) is 0 Å². The van der Waals surface area contributed by atoms with Crippen molar-refractivity contribution >= 4 is 5.91 Å². The number of hydrogen-bond acceptors (Lipinski definition) is 6. The molecule has 2 aromatic heterocycles. The van der Waals surface area contributed by atoms with Crippen molar-refractivity contribution in [2.24, 2.45) is 0 Å². The smallest absolute Gasteiger partial charge is 0.238 e. The second-order valence-corrected chi connectivity index (χ2v) is 7.59. The van der Waals surface area contributed by atoms with E-state index in [9.17, 15) is 4.79 Å². The van der Waals surface area contributed by atoms with Gasteiger partial charge in [-0.25, -0.2) is 4.98 Å². The number of aromatic nitrogens is 3. The molecule has 4 rings (SSSR count). The summed E-state index contributed by atoms with van der Waals surface area (Å²) in [6.45, 7) is 4.14. The molecular weight excluding hydrogens is 354 g/mol. The third-order valence-corrected chi connectivity index (χ3v) is 5.48. The van der Waals surface area contributed by atoms with Crippen LogP contribution in [0, 0.1) is 0 Å². The molecule has 2 saturated heterocycles. The van der Waals surface area contributed by atoms with Crippen molar-refractivity contribution in [3.63, 3.8) is 0 Å². The molecule has 0 aromatic carbocycles. The maximum Gasteiger partial charge on any atom is 0.238 e. The molecule has 1 amide bonds. The Morgan fingerprint density at radius 3 is 2.79 bits per heavy atom. The van der Waals surface area contributed by atoms with Crippen molar-refractivity contribution in [1.29, 1.82) is 0 Å². The number of carbonyl (C=O) groups excluding carboxylic acids is 1. The van der Waals surface area contributed by atoms with E-state index in [1.165, 1.54) is 6.42 Å². The van der Waals surface area contributed by atoms with Crippen LogP contribution in [0.4, 0.5) is 0 Å². The molecule has 0 saturated carbocycles. The summed E-state index contributed by atoms with van der Waals surface area (Å²) in [5, 5.41) is 0. The Kier molecular flexibility index (Phi) is 6.11. The van der Waals surface area contributed by atoms with Crippen molar-refractivity contribution in [1.82, 2.24) is 24.8 Å². The zero-order chi connectivity index (χ0) is 19.2. The first-order chi connectivity index (χ1) is 13.8. The quantitative estimate of drug-likeness (QED) is 0.793. The summed E-state index contributed by atoms with van der Waals surface area (Å²) in [6.07, 6.45) is 12.4. The van der Waals surface area contributed by atoms with Crippen LogP contribution in [0.3, 0.4) is 0 Å². The van der Waals surface area contributed by atoms with E-state index in [1.807, 2.05) is 23.2 Å². The molecule has 2 aliphatic heterocycles. The van der Waals surface area contributed by atoms with E-state index in [2.05, 4.69) is 19.9 Å². The van der Waals surface area contributed by atoms with Gasteiger partial charge in [0.1, 0.15) is 5.75 Å². The molecule has 28 heavy (non-hydrogen) atoms. The zero-order valence-electron chi connectivity index (χ0n) is 16.2. The minimum atomic E-state index is 0.264. The number of likely N-dealkylation sites (tertiary alicyclic amines) is 2. The van der Waals surface area contributed by atoms with E-state index in [0.29, 0.717) is 18.2 Å². The van der Waals surface area contributed by atoms with Gasteiger partial charge in [-0.2, -0.15) is 0 Å². The summed E-state index contributed by atoms with van der Waals surface area (Å²) in [6, 6.07) is 3.67. The molecule has 0 spiro atoms. The number of carbonyl (C=O) groups is 1. The Balaban J connectivity index is 1.37. The molecule has 2 fully saturated rings. The van der Waals surface area contributed by atoms with E-state index >= 15 is 0 Å². The molecule has 0 N–H and O–H groups in total. The van der Waals surface area contributed by atoms with Gasteiger partial charge >= 0.3 is 0 Å². The molecule has 1 unspecified atom stereocenters. The normalized spacial score (nSPS) is 20.7. The highest BCUT2D eigenvalue weighted by atomic mass is 16.5. The average Bonchev–Trinajstić information content (AvgIpc) is 2.75. The van der Waals surface area contributed by atoms with Crippen LogP contribution in [-0.4, -0.2) is 63.4 Å². The van der Waals surface area contributed by atoms with Gasteiger partial charge in [0, 0.05) is 37.9 Å². The number of hydrogen-bond donors (Lipinski definition) is 0. The monoisotopic (exact) mass is 381 g/mol. The van der Waals surface area contributed by atoms with Crippen LogP contribution in [0.2, 0.25) is 0 Å². The highest BCUT2D eigenvalue weighted by Crippen LogP contribution is 2.27. The van der Waals surface area contributed by atoms with Gasteiger partial charge in [0.2, 0.25) is 11.8 Å². The average molecular weight is 381 g/mol. The summed E-state index contributed by atoms with van der Waals surface area (Å²) >= 11 is 0. The summed E-state index contributed by atoms with van der Waals surface area (Å²) in [4.78, 5) is 29.9. The van der Waals surface area contributed by atoms with E-state index in [-0.39, 0.29) is 11.8 Å². The lowest BCUT2D eigenvalue weighted by atomic mass is 9.95. The molecule has 0 aliphatic carbocycles. The highest BCUT2D eigenvalue weighted by Gasteiger charge is 2.26. The number of ether oxygens (including phenoxy) is 1. The largest absolute Gasteiger partial charge is 0.436 e. The van der Waals surface area contributed by atoms with Crippen LogP contribution in [0.25, 0.3) is 0 Å². The highest BCUT2D eigenvalue weighted by molar-refractivity contribution is 5.78. The lowest BCUT2D eigenvalue weighted by molar-refractivity contribution is -0.133. The van der Waals surface area contributed by atoms with Gasteiger partial charge in [0.05, 0.1) is 24.6 Å². The minimum absolute atomic E-state index is 0.264. The van der Waals surface area contributed by atoms with Crippen LogP contribution in [0.5, 0.6) is 11.6 Å². The summed E-state index contributed by atoms with van der Waals surface area (Å²) < 4.78 is 5.77. The van der Waals surface area contributed by atoms with E-state index < -0.39 is 0 Å². The Morgan fingerprint density at radius 2 is 1.96 bits per heavy atom. The van der Waals surface area contributed by atoms with Crippen molar-refractivity contribution in [2.45, 2.75) is 38.0 Å². The Bertz CT molecular complexity index is 779. The molecule has 7 nitrogen and oxygen atoms in total. The second kappa shape index (κ2) is 9.10. The number of pyridine rings is 1. The van der Waals surface area contributed by atoms with Gasteiger partial charge < -0.3 is 9.64 Å². The standard InChI is InChI=1S/C21H27N5O2/c27-21(26-10-2-1-3-11-26)16-25-9-5-6-17(15-25)19-13-23-14-20(24-19)28-18-7-4-8-22-12-18/h4,7-8,12-14,17H,1-3,5-6,9-11,15-16H2. The fourth-order valence-electron chi connectivity index (χ4n) is 4.01. The van der Waals surface area contributed by atoms with E-state index in [0.717, 1.165) is 57.6 Å². The molecule has 0 radical (unpaired) electrons. The first kappa shape index (κ1) is 18.8. The van der Waals surface area contributed by atoms with E-state index in [4.69, 9.17) is 4.74 Å². The van der Waals surface area contributed by atoms with Crippen LogP contribution in [0.15, 0.2) is 36.9 Å².